The second-order valence-corrected chi connectivity index (χ2v) is 4.22. The maximum absolute atomic E-state index is 11.4. The zero-order valence-corrected chi connectivity index (χ0v) is 11.3. The summed E-state index contributed by atoms with van der Waals surface area (Å²) in [6.45, 7) is 1.83. The summed E-state index contributed by atoms with van der Waals surface area (Å²) in [7, 11) is 4.69. The van der Waals surface area contributed by atoms with Crippen LogP contribution in [-0.2, 0) is 7.05 Å². The SMILES string of the molecule is COc1cc2c(c(C)cc[n+]2C)c([N+](=O)[O-])c1OC. The minimum Gasteiger partial charge on any atom is -0.492 e. The lowest BCUT2D eigenvalue weighted by Crippen LogP contribution is -2.28. The summed E-state index contributed by atoms with van der Waals surface area (Å²) in [6.07, 6.45) is 1.85. The van der Waals surface area contributed by atoms with Gasteiger partial charge in [0.25, 0.3) is 0 Å². The third-order valence-electron chi connectivity index (χ3n) is 3.13. The summed E-state index contributed by atoms with van der Waals surface area (Å²) in [4.78, 5) is 11.0. The number of nitrogens with zero attached hydrogens (tertiary/aromatic N) is 2. The van der Waals surface area contributed by atoms with Crippen molar-refractivity contribution >= 4 is 16.6 Å². The first-order chi connectivity index (χ1) is 9.01. The van der Waals surface area contributed by atoms with E-state index in [0.29, 0.717) is 11.1 Å². The molecule has 0 atom stereocenters. The lowest BCUT2D eigenvalue weighted by Gasteiger charge is -2.10. The number of hydrogen-bond acceptors (Lipinski definition) is 4. The monoisotopic (exact) mass is 263 g/mol. The number of nitro groups is 1. The van der Waals surface area contributed by atoms with Crippen molar-refractivity contribution in [1.82, 2.24) is 0 Å². The van der Waals surface area contributed by atoms with Crippen molar-refractivity contribution in [2.24, 2.45) is 7.05 Å². The van der Waals surface area contributed by atoms with E-state index in [-0.39, 0.29) is 11.4 Å². The smallest absolute Gasteiger partial charge is 0.328 e. The van der Waals surface area contributed by atoms with Crippen LogP contribution in [0.1, 0.15) is 5.56 Å². The first kappa shape index (κ1) is 13.1. The van der Waals surface area contributed by atoms with Gasteiger partial charge in [-0.25, -0.2) is 4.57 Å². The Kier molecular flexibility index (Phi) is 3.25. The van der Waals surface area contributed by atoms with Crippen molar-refractivity contribution in [3.8, 4) is 11.5 Å². The molecule has 0 aliphatic carbocycles. The standard InChI is InChI=1S/C13H15N2O4/c1-8-5-6-14(2)9-7-10(18-3)13(19-4)12(11(8)9)15(16)17/h5-7H,1-4H3/q+1. The molecule has 2 rings (SSSR count). The molecular formula is C13H15N2O4+. The molecule has 0 amide bonds. The Balaban J connectivity index is 3.05. The zero-order chi connectivity index (χ0) is 14.2. The van der Waals surface area contributed by atoms with Crippen LogP contribution in [0.4, 0.5) is 5.69 Å². The molecule has 0 unspecified atom stereocenters. The number of rotatable bonds is 3. The number of hydrogen-bond donors (Lipinski definition) is 0. The van der Waals surface area contributed by atoms with Crippen LogP contribution in [0.2, 0.25) is 0 Å². The van der Waals surface area contributed by atoms with E-state index in [1.54, 1.807) is 6.07 Å². The van der Waals surface area contributed by atoms with Crippen LogP contribution < -0.4 is 14.0 Å². The Bertz CT molecular complexity index is 667. The first-order valence-electron chi connectivity index (χ1n) is 5.69. The van der Waals surface area contributed by atoms with Gasteiger partial charge in [0.2, 0.25) is 11.3 Å². The van der Waals surface area contributed by atoms with Crippen molar-refractivity contribution in [2.75, 3.05) is 14.2 Å². The highest BCUT2D eigenvalue weighted by Gasteiger charge is 2.29. The van der Waals surface area contributed by atoms with E-state index in [4.69, 9.17) is 9.47 Å². The number of aromatic nitrogens is 1. The fraction of sp³-hybridized carbons (Fsp3) is 0.308. The molecule has 1 heterocycles. The Morgan fingerprint density at radius 1 is 1.32 bits per heavy atom. The Morgan fingerprint density at radius 2 is 2.00 bits per heavy atom. The number of ether oxygens (including phenoxy) is 2. The van der Waals surface area contributed by atoms with Gasteiger partial charge < -0.3 is 9.47 Å². The Hall–Kier alpha value is -2.37. The second kappa shape index (κ2) is 4.72. The maximum Gasteiger partial charge on any atom is 0.328 e. The molecule has 0 aliphatic rings. The highest BCUT2D eigenvalue weighted by Crippen LogP contribution is 2.42. The normalized spacial score (nSPS) is 10.5. The highest BCUT2D eigenvalue weighted by molar-refractivity contribution is 5.94. The molecule has 19 heavy (non-hydrogen) atoms. The van der Waals surface area contributed by atoms with E-state index in [2.05, 4.69) is 0 Å². The van der Waals surface area contributed by atoms with E-state index in [0.717, 1.165) is 11.1 Å². The maximum atomic E-state index is 11.4. The van der Waals surface area contributed by atoms with Gasteiger partial charge in [-0.3, -0.25) is 10.1 Å². The minimum absolute atomic E-state index is 0.0643. The third kappa shape index (κ3) is 1.95. The third-order valence-corrected chi connectivity index (χ3v) is 3.13. The molecule has 1 aromatic heterocycles. The topological polar surface area (TPSA) is 65.5 Å². The van der Waals surface area contributed by atoms with Crippen molar-refractivity contribution in [3.05, 3.63) is 34.0 Å². The predicted octanol–water partition coefficient (Wildman–Crippen LogP) is 1.90. The Labute approximate surface area is 110 Å². The number of aryl methyl sites for hydroxylation is 2. The largest absolute Gasteiger partial charge is 0.492 e. The Morgan fingerprint density at radius 3 is 2.53 bits per heavy atom. The van der Waals surface area contributed by atoms with Crippen LogP contribution in [0.25, 0.3) is 10.9 Å². The van der Waals surface area contributed by atoms with Gasteiger partial charge >= 0.3 is 5.69 Å². The molecule has 100 valence electrons. The average Bonchev–Trinajstić information content (AvgIpc) is 2.40. The molecule has 6 nitrogen and oxygen atoms in total. The van der Waals surface area contributed by atoms with E-state index in [1.807, 2.05) is 30.8 Å². The van der Waals surface area contributed by atoms with Crippen LogP contribution in [0.5, 0.6) is 11.5 Å². The summed E-state index contributed by atoms with van der Waals surface area (Å²) < 4.78 is 12.2. The summed E-state index contributed by atoms with van der Waals surface area (Å²) in [5, 5.41) is 11.9. The van der Waals surface area contributed by atoms with E-state index < -0.39 is 4.92 Å². The summed E-state index contributed by atoms with van der Waals surface area (Å²) in [5.74, 6) is 0.497. The van der Waals surface area contributed by atoms with Crippen LogP contribution in [0.3, 0.4) is 0 Å². The number of methoxy groups -OCH3 is 2. The quantitative estimate of drug-likeness (QED) is 0.482. The molecule has 1 aromatic carbocycles. The molecule has 0 fully saturated rings. The summed E-state index contributed by atoms with van der Waals surface area (Å²) in [6, 6.07) is 3.58. The van der Waals surface area contributed by atoms with Gasteiger partial charge in [0.1, 0.15) is 12.4 Å². The number of benzene rings is 1. The fourth-order valence-electron chi connectivity index (χ4n) is 2.19. The number of pyridine rings is 1. The molecule has 0 N–H and O–H groups in total. The van der Waals surface area contributed by atoms with Gasteiger partial charge in [0.15, 0.2) is 11.9 Å². The van der Waals surface area contributed by atoms with Gasteiger partial charge in [0.05, 0.1) is 25.2 Å². The minimum atomic E-state index is -0.434. The van der Waals surface area contributed by atoms with Crippen LogP contribution in [-0.4, -0.2) is 19.1 Å². The molecule has 0 saturated carbocycles. The molecule has 0 radical (unpaired) electrons. The lowest BCUT2D eigenvalue weighted by molar-refractivity contribution is -0.645. The molecule has 0 bridgehead atoms. The summed E-state index contributed by atoms with van der Waals surface area (Å²) in [5.41, 5.74) is 1.48. The van der Waals surface area contributed by atoms with Crippen molar-refractivity contribution in [2.45, 2.75) is 6.92 Å². The van der Waals surface area contributed by atoms with Crippen molar-refractivity contribution in [1.29, 1.82) is 0 Å². The number of fused-ring (bicyclic) bond motifs is 1. The van der Waals surface area contributed by atoms with Crippen molar-refractivity contribution in [3.63, 3.8) is 0 Å². The summed E-state index contributed by atoms with van der Waals surface area (Å²) >= 11 is 0. The van der Waals surface area contributed by atoms with Gasteiger partial charge in [-0.2, -0.15) is 0 Å². The molecule has 0 aliphatic heterocycles. The second-order valence-electron chi connectivity index (χ2n) is 4.22. The molecule has 2 aromatic rings. The molecule has 0 spiro atoms. The van der Waals surface area contributed by atoms with E-state index >= 15 is 0 Å². The van der Waals surface area contributed by atoms with E-state index in [1.165, 1.54) is 14.2 Å². The number of nitro benzene ring substituents is 1. The van der Waals surface area contributed by atoms with E-state index in [9.17, 15) is 10.1 Å². The average molecular weight is 263 g/mol. The van der Waals surface area contributed by atoms with Gasteiger partial charge in [0, 0.05) is 6.07 Å². The first-order valence-corrected chi connectivity index (χ1v) is 5.69. The van der Waals surface area contributed by atoms with Crippen LogP contribution in [0.15, 0.2) is 18.3 Å². The highest BCUT2D eigenvalue weighted by atomic mass is 16.6. The van der Waals surface area contributed by atoms with Gasteiger partial charge in [-0.05, 0) is 12.5 Å². The lowest BCUT2D eigenvalue weighted by atomic mass is 10.1. The molecule has 0 saturated heterocycles. The predicted molar refractivity (Wildman–Crippen MR) is 69.6 cm³/mol. The molecule has 6 heteroatoms. The van der Waals surface area contributed by atoms with Gasteiger partial charge in [-0.15, -0.1) is 0 Å². The van der Waals surface area contributed by atoms with Crippen LogP contribution in [0, 0.1) is 17.0 Å². The fourth-order valence-corrected chi connectivity index (χ4v) is 2.19. The zero-order valence-electron chi connectivity index (χ0n) is 11.3. The van der Waals surface area contributed by atoms with Crippen LogP contribution >= 0.6 is 0 Å². The van der Waals surface area contributed by atoms with Gasteiger partial charge in [-0.1, -0.05) is 0 Å². The molecular weight excluding hydrogens is 248 g/mol. The van der Waals surface area contributed by atoms with Crippen molar-refractivity contribution < 1.29 is 19.0 Å².